The second-order valence-electron chi connectivity index (χ2n) is 7.41. The van der Waals surface area contributed by atoms with Crippen molar-refractivity contribution in [2.45, 2.75) is 25.2 Å². The number of amides is 1. The summed E-state index contributed by atoms with van der Waals surface area (Å²) in [5, 5.41) is 16.6. The van der Waals surface area contributed by atoms with E-state index < -0.39 is 39.5 Å². The van der Waals surface area contributed by atoms with Gasteiger partial charge in [0, 0.05) is 28.6 Å². The summed E-state index contributed by atoms with van der Waals surface area (Å²) in [6.45, 7) is 2.61. The second kappa shape index (κ2) is 9.95. The second-order valence-corrected chi connectivity index (χ2v) is 9.38. The molecule has 7 nitrogen and oxygen atoms in total. The lowest BCUT2D eigenvalue weighted by molar-refractivity contribution is -0.114. The lowest BCUT2D eigenvalue weighted by Gasteiger charge is -2.18. The van der Waals surface area contributed by atoms with Crippen molar-refractivity contribution in [1.82, 2.24) is 0 Å². The molecule has 1 amide bonds. The number of nitrogens with zero attached hydrogens (tertiary/aromatic N) is 1. The summed E-state index contributed by atoms with van der Waals surface area (Å²) in [6, 6.07) is 9.75. The van der Waals surface area contributed by atoms with Gasteiger partial charge in [-0.05, 0) is 48.9 Å². The third-order valence-electron chi connectivity index (χ3n) is 4.87. The Kier molecular flexibility index (Phi) is 7.40. The zero-order chi connectivity index (χ0) is 26.1. The van der Waals surface area contributed by atoms with Crippen molar-refractivity contribution in [3.05, 3.63) is 70.0 Å². The van der Waals surface area contributed by atoms with Gasteiger partial charge in [-0.1, -0.05) is 17.7 Å². The lowest BCUT2D eigenvalue weighted by atomic mass is 9.98. The van der Waals surface area contributed by atoms with Gasteiger partial charge in [0.25, 0.3) is 6.43 Å². The topological polar surface area (TPSA) is 122 Å². The Labute approximate surface area is 203 Å². The van der Waals surface area contributed by atoms with Crippen molar-refractivity contribution in [1.29, 1.82) is 5.26 Å². The van der Waals surface area contributed by atoms with Gasteiger partial charge in [0.1, 0.15) is 5.75 Å². The molecule has 0 atom stereocenters. The van der Waals surface area contributed by atoms with E-state index in [2.05, 4.69) is 5.32 Å². The maximum absolute atomic E-state index is 15.4. The predicted molar refractivity (Wildman–Crippen MR) is 123 cm³/mol. The highest BCUT2D eigenvalue weighted by atomic mass is 35.5. The van der Waals surface area contributed by atoms with Crippen LogP contribution in [0.4, 0.5) is 18.9 Å². The monoisotopic (exact) mass is 523 g/mol. The summed E-state index contributed by atoms with van der Waals surface area (Å²) < 4.78 is 70.7. The number of hydrogen-bond acceptors (Lipinski definition) is 5. The van der Waals surface area contributed by atoms with E-state index in [-0.39, 0.29) is 43.6 Å². The summed E-state index contributed by atoms with van der Waals surface area (Å²) in [4.78, 5) is 11.4. The molecule has 0 saturated carbocycles. The minimum absolute atomic E-state index is 0.0441. The van der Waals surface area contributed by atoms with E-state index in [1.807, 2.05) is 0 Å². The van der Waals surface area contributed by atoms with Crippen LogP contribution in [0.5, 0.6) is 11.5 Å². The van der Waals surface area contributed by atoms with Crippen LogP contribution in [-0.2, 0) is 14.8 Å². The van der Waals surface area contributed by atoms with Crippen molar-refractivity contribution in [3.63, 3.8) is 0 Å². The minimum Gasteiger partial charge on any atom is -0.454 e. The van der Waals surface area contributed by atoms with Gasteiger partial charge in [-0.15, -0.1) is 0 Å². The summed E-state index contributed by atoms with van der Waals surface area (Å²) >= 11 is 6.29. The molecule has 0 aliphatic heterocycles. The number of nitriles is 1. The van der Waals surface area contributed by atoms with E-state index in [0.717, 1.165) is 31.2 Å². The largest absolute Gasteiger partial charge is 0.454 e. The summed E-state index contributed by atoms with van der Waals surface area (Å²) in [5.74, 6) is -2.26. The highest BCUT2D eigenvalue weighted by molar-refractivity contribution is 7.89. The molecule has 0 saturated heterocycles. The van der Waals surface area contributed by atoms with Crippen molar-refractivity contribution in [3.8, 4) is 28.7 Å². The molecule has 0 spiro atoms. The van der Waals surface area contributed by atoms with Crippen molar-refractivity contribution < 1.29 is 31.1 Å². The van der Waals surface area contributed by atoms with Gasteiger partial charge in [-0.3, -0.25) is 4.79 Å². The van der Waals surface area contributed by atoms with Crippen molar-refractivity contribution in [2.75, 3.05) is 5.32 Å². The highest BCUT2D eigenvalue weighted by Gasteiger charge is 2.22. The van der Waals surface area contributed by atoms with E-state index in [1.165, 1.54) is 25.1 Å². The first-order chi connectivity index (χ1) is 16.3. The standard InChI is InChI=1S/C23H17ClF3N3O4S/c1-11-18(17-4-3-16(8-19(17)24)35(29,32)33)9-20(30-12(2)31)21(25)22(11)34-15-6-13(10-28)5-14(7-15)23(26)27/h3-9,23H,1-2H3,(H,30,31)(H2,29,32,33). The zero-order valence-electron chi connectivity index (χ0n) is 18.2. The number of anilines is 1. The predicted octanol–water partition coefficient (Wildman–Crippen LogP) is 5.66. The average molecular weight is 524 g/mol. The maximum Gasteiger partial charge on any atom is 0.264 e. The maximum atomic E-state index is 15.4. The quantitative estimate of drug-likeness (QED) is 0.431. The fourth-order valence-corrected chi connectivity index (χ4v) is 4.17. The number of benzene rings is 3. The molecule has 0 heterocycles. The van der Waals surface area contributed by atoms with Crippen LogP contribution in [0.2, 0.25) is 5.02 Å². The Morgan fingerprint density at radius 3 is 2.40 bits per heavy atom. The third kappa shape index (κ3) is 5.74. The molecule has 0 unspecified atom stereocenters. The minimum atomic E-state index is -4.05. The molecule has 0 aliphatic rings. The molecule has 0 aromatic heterocycles. The molecule has 3 N–H and O–H groups in total. The molecular formula is C23H17ClF3N3O4S. The Morgan fingerprint density at radius 1 is 1.17 bits per heavy atom. The molecule has 12 heteroatoms. The molecule has 182 valence electrons. The molecule has 35 heavy (non-hydrogen) atoms. The molecule has 0 bridgehead atoms. The smallest absolute Gasteiger partial charge is 0.264 e. The van der Waals surface area contributed by atoms with Gasteiger partial charge in [0.2, 0.25) is 15.9 Å². The average Bonchev–Trinajstić information content (AvgIpc) is 2.77. The highest BCUT2D eigenvalue weighted by Crippen LogP contribution is 2.42. The Hall–Kier alpha value is -3.59. The molecule has 0 radical (unpaired) electrons. The fraction of sp³-hybridized carbons (Fsp3) is 0.130. The number of nitrogens with two attached hydrogens (primary N) is 1. The number of hydrogen-bond donors (Lipinski definition) is 2. The van der Waals surface area contributed by atoms with Crippen LogP contribution in [0.1, 0.15) is 30.0 Å². The first-order valence-corrected chi connectivity index (χ1v) is 11.7. The number of ether oxygens (including phenoxy) is 1. The van der Waals surface area contributed by atoms with E-state index in [0.29, 0.717) is 0 Å². The Morgan fingerprint density at radius 2 is 1.86 bits per heavy atom. The van der Waals surface area contributed by atoms with Crippen LogP contribution in [0.25, 0.3) is 11.1 Å². The number of rotatable bonds is 6. The third-order valence-corrected chi connectivity index (χ3v) is 6.09. The van der Waals surface area contributed by atoms with Crippen molar-refractivity contribution in [2.24, 2.45) is 5.14 Å². The van der Waals surface area contributed by atoms with Gasteiger partial charge in [0.05, 0.1) is 22.2 Å². The van der Waals surface area contributed by atoms with Crippen LogP contribution in [0.15, 0.2) is 47.4 Å². The van der Waals surface area contributed by atoms with E-state index in [1.54, 1.807) is 6.07 Å². The number of carbonyl (C=O) groups excluding carboxylic acids is 1. The Balaban J connectivity index is 2.24. The fourth-order valence-electron chi connectivity index (χ4n) is 3.29. The SMILES string of the molecule is CC(=O)Nc1cc(-c2ccc(S(N)(=O)=O)cc2Cl)c(C)c(Oc2cc(C#N)cc(C(F)F)c2)c1F. The van der Waals surface area contributed by atoms with Crippen LogP contribution < -0.4 is 15.2 Å². The first kappa shape index (κ1) is 26.0. The number of alkyl halides is 2. The first-order valence-electron chi connectivity index (χ1n) is 9.76. The normalized spacial score (nSPS) is 11.3. The molecule has 0 aliphatic carbocycles. The molecule has 0 fully saturated rings. The Bertz CT molecular complexity index is 1490. The van der Waals surface area contributed by atoms with Gasteiger partial charge in [-0.2, -0.15) is 5.26 Å². The van der Waals surface area contributed by atoms with Crippen LogP contribution in [0, 0.1) is 24.1 Å². The molecule has 3 rings (SSSR count). The number of sulfonamides is 1. The molecule has 3 aromatic rings. The molecule has 3 aromatic carbocycles. The van der Waals surface area contributed by atoms with Crippen LogP contribution in [-0.4, -0.2) is 14.3 Å². The number of primary sulfonamides is 1. The summed E-state index contributed by atoms with van der Waals surface area (Å²) in [6.07, 6.45) is -2.91. The lowest BCUT2D eigenvalue weighted by Crippen LogP contribution is -2.12. The number of carbonyl (C=O) groups is 1. The number of nitrogens with one attached hydrogen (secondary N) is 1. The van der Waals surface area contributed by atoms with Gasteiger partial charge in [-0.25, -0.2) is 26.7 Å². The van der Waals surface area contributed by atoms with E-state index in [9.17, 15) is 22.0 Å². The van der Waals surface area contributed by atoms with Gasteiger partial charge < -0.3 is 10.1 Å². The summed E-state index contributed by atoms with van der Waals surface area (Å²) in [5.41, 5.74) is -0.269. The molecular weight excluding hydrogens is 507 g/mol. The van der Waals surface area contributed by atoms with E-state index >= 15 is 4.39 Å². The van der Waals surface area contributed by atoms with Crippen molar-refractivity contribution >= 4 is 33.2 Å². The summed E-state index contributed by atoms with van der Waals surface area (Å²) in [7, 11) is -4.05. The van der Waals surface area contributed by atoms with Gasteiger partial charge in [0.15, 0.2) is 11.6 Å². The van der Waals surface area contributed by atoms with Crippen LogP contribution in [0.3, 0.4) is 0 Å². The van der Waals surface area contributed by atoms with Crippen LogP contribution >= 0.6 is 11.6 Å². The zero-order valence-corrected chi connectivity index (χ0v) is 19.8. The van der Waals surface area contributed by atoms with Gasteiger partial charge >= 0.3 is 0 Å². The van der Waals surface area contributed by atoms with E-state index in [4.69, 9.17) is 26.7 Å². The number of halogens is 4.